The number of hydrogen-bond donors (Lipinski definition) is 0. The molecule has 0 aromatic heterocycles. The molecule has 0 bridgehead atoms. The van der Waals surface area contributed by atoms with Crippen LogP contribution in [0.15, 0.2) is 35.3 Å². The van der Waals surface area contributed by atoms with Crippen LogP contribution < -0.4 is 0 Å². The summed E-state index contributed by atoms with van der Waals surface area (Å²) >= 11 is 5.23. The molecular weight excluding hydrogens is 366 g/mol. The number of thiocarbonyl (C=S) groups is 1. The molecule has 0 spiro atoms. The summed E-state index contributed by atoms with van der Waals surface area (Å²) in [5, 5.41) is 0.202. The molecule has 1 heterocycles. The predicted octanol–water partition coefficient (Wildman–Crippen LogP) is 1.45. The molecule has 27 heavy (non-hydrogen) atoms. The van der Waals surface area contributed by atoms with Crippen LogP contribution in [0.3, 0.4) is 0 Å². The predicted molar refractivity (Wildman–Crippen MR) is 105 cm³/mol. The van der Waals surface area contributed by atoms with E-state index in [1.807, 2.05) is 30.3 Å². The van der Waals surface area contributed by atoms with E-state index in [4.69, 9.17) is 17.0 Å². The van der Waals surface area contributed by atoms with Crippen LogP contribution in [0.4, 0.5) is 0 Å². The van der Waals surface area contributed by atoms with Gasteiger partial charge in [0.2, 0.25) is 11.8 Å². The van der Waals surface area contributed by atoms with Crippen LogP contribution in [0.5, 0.6) is 0 Å². The van der Waals surface area contributed by atoms with E-state index in [1.165, 1.54) is 23.1 Å². The van der Waals surface area contributed by atoms with Gasteiger partial charge in [-0.15, -0.1) is 0 Å². The van der Waals surface area contributed by atoms with Crippen molar-refractivity contribution in [1.29, 1.82) is 0 Å². The second kappa shape index (κ2) is 9.36. The number of amides is 2. The van der Waals surface area contributed by atoms with Crippen LogP contribution >= 0.6 is 12.2 Å². The molecule has 0 saturated carbocycles. The highest BCUT2D eigenvalue weighted by molar-refractivity contribution is 7.80. The fourth-order valence-electron chi connectivity index (χ4n) is 2.85. The number of hydrogen-bond acceptors (Lipinski definition) is 6. The van der Waals surface area contributed by atoms with E-state index in [9.17, 15) is 14.4 Å². The quantitative estimate of drug-likeness (QED) is 0.305. The summed E-state index contributed by atoms with van der Waals surface area (Å²) in [6.07, 6.45) is 1.56. The standard InChI is InChI=1S/C19H23N3O4S/c1-4-21-16(23)14(17(24)22(5-2)19(21)27)12-20-15(18(25)26-3)11-13-9-7-6-8-10-13/h6-10,12,14-15H,4-5,11H2,1-3H3/t15-/m1/s1. The zero-order valence-corrected chi connectivity index (χ0v) is 16.4. The number of ether oxygens (including phenoxy) is 1. The second-order valence-corrected chi connectivity index (χ2v) is 6.32. The minimum atomic E-state index is -1.10. The summed E-state index contributed by atoms with van der Waals surface area (Å²) in [5.41, 5.74) is 0.901. The molecule has 0 N–H and O–H groups in total. The summed E-state index contributed by atoms with van der Waals surface area (Å²) in [7, 11) is 1.28. The minimum Gasteiger partial charge on any atom is -0.467 e. The van der Waals surface area contributed by atoms with E-state index in [2.05, 4.69) is 4.99 Å². The average Bonchev–Trinajstić information content (AvgIpc) is 2.67. The molecule has 1 aliphatic rings. The average molecular weight is 389 g/mol. The highest BCUT2D eigenvalue weighted by atomic mass is 32.1. The molecule has 1 aromatic rings. The molecule has 8 heteroatoms. The molecule has 1 aliphatic heterocycles. The van der Waals surface area contributed by atoms with Crippen molar-refractivity contribution in [1.82, 2.24) is 9.80 Å². The number of carbonyl (C=O) groups excluding carboxylic acids is 3. The maximum atomic E-state index is 12.6. The van der Waals surface area contributed by atoms with Crippen LogP contribution in [0.2, 0.25) is 0 Å². The Morgan fingerprint density at radius 2 is 1.74 bits per heavy atom. The summed E-state index contributed by atoms with van der Waals surface area (Å²) in [6.45, 7) is 4.29. The van der Waals surface area contributed by atoms with Gasteiger partial charge in [-0.1, -0.05) is 30.3 Å². The van der Waals surface area contributed by atoms with E-state index in [-0.39, 0.29) is 5.11 Å². The zero-order chi connectivity index (χ0) is 20.0. The van der Waals surface area contributed by atoms with Crippen molar-refractivity contribution in [2.24, 2.45) is 10.9 Å². The third-order valence-electron chi connectivity index (χ3n) is 4.32. The topological polar surface area (TPSA) is 79.3 Å². The van der Waals surface area contributed by atoms with Gasteiger partial charge in [-0.05, 0) is 31.6 Å². The number of nitrogens with zero attached hydrogens (tertiary/aromatic N) is 3. The largest absolute Gasteiger partial charge is 0.467 e. The van der Waals surface area contributed by atoms with Gasteiger partial charge in [-0.3, -0.25) is 24.4 Å². The van der Waals surface area contributed by atoms with Gasteiger partial charge in [0.25, 0.3) is 0 Å². The number of aliphatic imine (C=N–C) groups is 1. The van der Waals surface area contributed by atoms with Gasteiger partial charge in [-0.25, -0.2) is 4.79 Å². The van der Waals surface area contributed by atoms with Gasteiger partial charge in [0.1, 0.15) is 0 Å². The number of methoxy groups -OCH3 is 1. The third-order valence-corrected chi connectivity index (χ3v) is 4.76. The maximum absolute atomic E-state index is 12.6. The van der Waals surface area contributed by atoms with Gasteiger partial charge in [-0.2, -0.15) is 0 Å². The fraction of sp³-hybridized carbons (Fsp3) is 0.421. The normalized spacial score (nSPS) is 16.9. The second-order valence-electron chi connectivity index (χ2n) is 5.95. The molecule has 1 aromatic carbocycles. The summed E-state index contributed by atoms with van der Waals surface area (Å²) in [6, 6.07) is 8.51. The smallest absolute Gasteiger partial charge is 0.330 e. The molecule has 2 amide bonds. The molecule has 1 atom stereocenters. The first kappa shape index (κ1) is 20.7. The van der Waals surface area contributed by atoms with Crippen molar-refractivity contribution >= 4 is 41.3 Å². The van der Waals surface area contributed by atoms with Gasteiger partial charge in [0.15, 0.2) is 17.1 Å². The monoisotopic (exact) mass is 389 g/mol. The van der Waals surface area contributed by atoms with Crippen molar-refractivity contribution in [3.05, 3.63) is 35.9 Å². The molecule has 144 valence electrons. The Morgan fingerprint density at radius 3 is 2.22 bits per heavy atom. The summed E-state index contributed by atoms with van der Waals surface area (Å²) in [4.78, 5) is 44.4. The number of benzene rings is 1. The number of rotatable bonds is 7. The lowest BCUT2D eigenvalue weighted by atomic mass is 10.0. The molecule has 0 aliphatic carbocycles. The Labute approximate surface area is 164 Å². The first-order valence-corrected chi connectivity index (χ1v) is 9.17. The van der Waals surface area contributed by atoms with Crippen molar-refractivity contribution in [3.63, 3.8) is 0 Å². The SMILES string of the molecule is CCN1C(=O)C(C=N[C@H](Cc2ccccc2)C(=O)OC)C(=O)N(CC)C1=S. The Bertz CT molecular complexity index is 725. The Balaban J connectivity index is 2.27. The lowest BCUT2D eigenvalue weighted by molar-refractivity contribution is -0.144. The minimum absolute atomic E-state index is 0.202. The zero-order valence-electron chi connectivity index (χ0n) is 15.6. The van der Waals surface area contributed by atoms with Gasteiger partial charge in [0.05, 0.1) is 7.11 Å². The van der Waals surface area contributed by atoms with E-state index < -0.39 is 29.7 Å². The number of esters is 1. The van der Waals surface area contributed by atoms with E-state index in [0.29, 0.717) is 19.5 Å². The van der Waals surface area contributed by atoms with Crippen molar-refractivity contribution in [2.75, 3.05) is 20.2 Å². The van der Waals surface area contributed by atoms with E-state index in [1.54, 1.807) is 13.8 Å². The first-order valence-electron chi connectivity index (χ1n) is 8.76. The van der Waals surface area contributed by atoms with Gasteiger partial charge < -0.3 is 4.74 Å². The molecule has 1 fully saturated rings. The highest BCUT2D eigenvalue weighted by Crippen LogP contribution is 2.17. The molecule has 7 nitrogen and oxygen atoms in total. The lowest BCUT2D eigenvalue weighted by Gasteiger charge is -2.37. The summed E-state index contributed by atoms with van der Waals surface area (Å²) < 4.78 is 4.82. The fourth-order valence-corrected chi connectivity index (χ4v) is 3.28. The Hall–Kier alpha value is -2.61. The van der Waals surface area contributed by atoms with Crippen LogP contribution in [-0.4, -0.2) is 65.2 Å². The molecule has 1 saturated heterocycles. The molecular formula is C19H23N3O4S. The molecule has 0 unspecified atom stereocenters. The van der Waals surface area contributed by atoms with Crippen molar-refractivity contribution in [2.45, 2.75) is 26.3 Å². The van der Waals surface area contributed by atoms with Crippen molar-refractivity contribution in [3.8, 4) is 0 Å². The van der Waals surface area contributed by atoms with E-state index >= 15 is 0 Å². The van der Waals surface area contributed by atoms with Crippen LogP contribution in [-0.2, 0) is 25.5 Å². The van der Waals surface area contributed by atoms with Crippen LogP contribution in [0.1, 0.15) is 19.4 Å². The molecule has 0 radical (unpaired) electrons. The Morgan fingerprint density at radius 1 is 1.19 bits per heavy atom. The maximum Gasteiger partial charge on any atom is 0.330 e. The van der Waals surface area contributed by atoms with Gasteiger partial charge >= 0.3 is 5.97 Å². The van der Waals surface area contributed by atoms with Crippen LogP contribution in [0.25, 0.3) is 0 Å². The van der Waals surface area contributed by atoms with Crippen LogP contribution in [0, 0.1) is 5.92 Å². The molecule has 2 rings (SSSR count). The first-order chi connectivity index (χ1) is 12.9. The number of carbonyl (C=O) groups is 3. The highest BCUT2D eigenvalue weighted by Gasteiger charge is 2.41. The third kappa shape index (κ3) is 4.57. The van der Waals surface area contributed by atoms with E-state index in [0.717, 1.165) is 5.56 Å². The van der Waals surface area contributed by atoms with Crippen molar-refractivity contribution < 1.29 is 19.1 Å². The van der Waals surface area contributed by atoms with Gasteiger partial charge in [0, 0.05) is 25.7 Å². The summed E-state index contributed by atoms with van der Waals surface area (Å²) in [5.74, 6) is -2.48. The lowest BCUT2D eigenvalue weighted by Crippen LogP contribution is -2.59. The Kier molecular flexibility index (Phi) is 7.18.